The SMILES string of the molecule is CCCCCCCC1(CC[C@@H]2C(C/C=C\CCCC(=O)OC(C)C)[C@@H](O)C[C@H]2O)OCCO1. The van der Waals surface area contributed by atoms with E-state index in [9.17, 15) is 15.0 Å². The Kier molecular flexibility index (Phi) is 13.0. The summed E-state index contributed by atoms with van der Waals surface area (Å²) in [5.74, 6) is -0.561. The van der Waals surface area contributed by atoms with E-state index in [-0.39, 0.29) is 23.9 Å². The highest BCUT2D eigenvalue weighted by Gasteiger charge is 2.43. The molecule has 0 spiro atoms. The number of allylic oxidation sites excluding steroid dienone is 2. The number of aliphatic hydroxyl groups excluding tert-OH is 2. The zero-order chi connectivity index (χ0) is 24.1. The summed E-state index contributed by atoms with van der Waals surface area (Å²) in [5.41, 5.74) is 0. The second-order valence-electron chi connectivity index (χ2n) is 10.1. The van der Waals surface area contributed by atoms with Crippen molar-refractivity contribution in [2.24, 2.45) is 11.8 Å². The van der Waals surface area contributed by atoms with E-state index in [1.165, 1.54) is 25.7 Å². The van der Waals surface area contributed by atoms with E-state index in [0.29, 0.717) is 26.1 Å². The van der Waals surface area contributed by atoms with Gasteiger partial charge in [-0.05, 0) is 64.2 Å². The summed E-state index contributed by atoms with van der Waals surface area (Å²) >= 11 is 0. The maximum absolute atomic E-state index is 11.6. The second kappa shape index (κ2) is 15.1. The number of esters is 1. The summed E-state index contributed by atoms with van der Waals surface area (Å²) in [7, 11) is 0. The Labute approximate surface area is 201 Å². The van der Waals surface area contributed by atoms with Crippen molar-refractivity contribution in [3.05, 3.63) is 12.2 Å². The van der Waals surface area contributed by atoms with Crippen LogP contribution in [0, 0.1) is 11.8 Å². The van der Waals surface area contributed by atoms with E-state index in [4.69, 9.17) is 14.2 Å². The molecule has 6 nitrogen and oxygen atoms in total. The molecule has 0 radical (unpaired) electrons. The van der Waals surface area contributed by atoms with Crippen LogP contribution in [-0.2, 0) is 19.0 Å². The number of aliphatic hydroxyl groups is 2. The molecule has 33 heavy (non-hydrogen) atoms. The van der Waals surface area contributed by atoms with E-state index in [1.54, 1.807) is 0 Å². The van der Waals surface area contributed by atoms with E-state index in [0.717, 1.165) is 44.9 Å². The van der Waals surface area contributed by atoms with Gasteiger partial charge >= 0.3 is 5.97 Å². The number of rotatable bonds is 16. The first-order chi connectivity index (χ1) is 15.9. The molecule has 1 heterocycles. The topological polar surface area (TPSA) is 85.2 Å². The van der Waals surface area contributed by atoms with Crippen LogP contribution in [0.15, 0.2) is 12.2 Å². The molecule has 1 aliphatic heterocycles. The van der Waals surface area contributed by atoms with Crippen molar-refractivity contribution in [1.29, 1.82) is 0 Å². The van der Waals surface area contributed by atoms with E-state index in [2.05, 4.69) is 19.1 Å². The Morgan fingerprint density at radius 3 is 2.39 bits per heavy atom. The lowest BCUT2D eigenvalue weighted by Crippen LogP contribution is -2.33. The Morgan fingerprint density at radius 1 is 1.00 bits per heavy atom. The molecule has 4 atom stereocenters. The molecule has 1 saturated heterocycles. The van der Waals surface area contributed by atoms with Crippen LogP contribution in [0.2, 0.25) is 0 Å². The normalized spacial score (nSPS) is 27.1. The quantitative estimate of drug-likeness (QED) is 0.182. The Hall–Kier alpha value is -0.950. The summed E-state index contributed by atoms with van der Waals surface area (Å²) in [6.07, 6.45) is 14.9. The van der Waals surface area contributed by atoms with Crippen LogP contribution < -0.4 is 0 Å². The maximum atomic E-state index is 11.6. The molecule has 0 bridgehead atoms. The minimum Gasteiger partial charge on any atom is -0.463 e. The minimum atomic E-state index is -0.509. The molecule has 2 rings (SSSR count). The first kappa shape index (κ1) is 28.3. The highest BCUT2D eigenvalue weighted by Crippen LogP contribution is 2.41. The van der Waals surface area contributed by atoms with Crippen molar-refractivity contribution in [2.75, 3.05) is 13.2 Å². The number of carbonyl (C=O) groups is 1. The van der Waals surface area contributed by atoms with Crippen molar-refractivity contribution in [2.45, 2.75) is 128 Å². The number of ether oxygens (including phenoxy) is 3. The van der Waals surface area contributed by atoms with Crippen molar-refractivity contribution in [3.8, 4) is 0 Å². The largest absolute Gasteiger partial charge is 0.463 e. The first-order valence-electron chi connectivity index (χ1n) is 13.4. The lowest BCUT2D eigenvalue weighted by atomic mass is 9.85. The molecule has 0 aromatic heterocycles. The fraction of sp³-hybridized carbons (Fsp3) is 0.889. The predicted molar refractivity (Wildman–Crippen MR) is 130 cm³/mol. The van der Waals surface area contributed by atoms with Gasteiger partial charge in [0.15, 0.2) is 5.79 Å². The fourth-order valence-corrected chi connectivity index (χ4v) is 5.26. The molecule has 0 amide bonds. The van der Waals surface area contributed by atoms with Gasteiger partial charge in [-0.25, -0.2) is 0 Å². The van der Waals surface area contributed by atoms with Crippen molar-refractivity contribution in [3.63, 3.8) is 0 Å². The van der Waals surface area contributed by atoms with E-state index in [1.807, 2.05) is 13.8 Å². The predicted octanol–water partition coefficient (Wildman–Crippen LogP) is 5.30. The third kappa shape index (κ3) is 10.1. The molecule has 2 aliphatic rings. The number of hydrogen-bond donors (Lipinski definition) is 2. The third-order valence-electron chi connectivity index (χ3n) is 7.05. The molecule has 192 valence electrons. The maximum Gasteiger partial charge on any atom is 0.306 e. The zero-order valence-corrected chi connectivity index (χ0v) is 21.2. The van der Waals surface area contributed by atoms with Gasteiger partial charge in [0.1, 0.15) is 0 Å². The van der Waals surface area contributed by atoms with Gasteiger partial charge in [0, 0.05) is 19.3 Å². The van der Waals surface area contributed by atoms with E-state index < -0.39 is 18.0 Å². The van der Waals surface area contributed by atoms with E-state index >= 15 is 0 Å². The van der Waals surface area contributed by atoms with Gasteiger partial charge in [0.2, 0.25) is 0 Å². The molecular formula is C27H48O6. The standard InChI is InChI=1S/C27H48O6/c1-4-5-6-9-12-16-27(31-18-19-32-27)17-15-23-22(24(28)20-25(23)29)13-10-7-8-11-14-26(30)33-21(2)3/h7,10,21-25,28-29H,4-6,8-9,11-20H2,1-3H3/b10-7-/t22?,23-,24+,25-/m1/s1. The van der Waals surface area contributed by atoms with Gasteiger partial charge < -0.3 is 24.4 Å². The average Bonchev–Trinajstić information content (AvgIpc) is 3.33. The number of hydrogen-bond acceptors (Lipinski definition) is 6. The van der Waals surface area contributed by atoms with Crippen LogP contribution in [0.3, 0.4) is 0 Å². The summed E-state index contributed by atoms with van der Waals surface area (Å²) in [4.78, 5) is 11.6. The average molecular weight is 469 g/mol. The fourth-order valence-electron chi connectivity index (χ4n) is 5.26. The number of carbonyl (C=O) groups excluding carboxylic acids is 1. The molecule has 6 heteroatoms. The van der Waals surface area contributed by atoms with Gasteiger partial charge in [0.25, 0.3) is 0 Å². The van der Waals surface area contributed by atoms with Crippen molar-refractivity contribution >= 4 is 5.97 Å². The second-order valence-corrected chi connectivity index (χ2v) is 10.1. The Morgan fingerprint density at radius 2 is 1.70 bits per heavy atom. The van der Waals surface area contributed by atoms with Crippen molar-refractivity contribution < 1.29 is 29.2 Å². The molecule has 1 aliphatic carbocycles. The molecule has 0 aromatic carbocycles. The minimum absolute atomic E-state index is 0.0464. The molecule has 0 aromatic rings. The monoisotopic (exact) mass is 468 g/mol. The lowest BCUT2D eigenvalue weighted by Gasteiger charge is -2.31. The van der Waals surface area contributed by atoms with Crippen LogP contribution in [0.4, 0.5) is 0 Å². The van der Waals surface area contributed by atoms with Gasteiger partial charge in [0.05, 0.1) is 31.5 Å². The molecule has 2 fully saturated rings. The Balaban J connectivity index is 1.78. The summed E-state index contributed by atoms with van der Waals surface area (Å²) in [6, 6.07) is 0. The molecule has 1 saturated carbocycles. The number of unbranched alkanes of at least 4 members (excludes halogenated alkanes) is 5. The molecular weight excluding hydrogens is 420 g/mol. The lowest BCUT2D eigenvalue weighted by molar-refractivity contribution is -0.171. The first-order valence-corrected chi connectivity index (χ1v) is 13.4. The van der Waals surface area contributed by atoms with Crippen LogP contribution in [-0.4, -0.2) is 53.5 Å². The highest BCUT2D eigenvalue weighted by atomic mass is 16.7. The van der Waals surface area contributed by atoms with Gasteiger partial charge in [-0.3, -0.25) is 4.79 Å². The highest BCUT2D eigenvalue weighted by molar-refractivity contribution is 5.69. The summed E-state index contributed by atoms with van der Waals surface area (Å²) < 4.78 is 17.3. The molecule has 2 N–H and O–H groups in total. The van der Waals surface area contributed by atoms with Crippen LogP contribution in [0.1, 0.15) is 104 Å². The van der Waals surface area contributed by atoms with Crippen LogP contribution in [0.5, 0.6) is 0 Å². The molecule has 1 unspecified atom stereocenters. The summed E-state index contributed by atoms with van der Waals surface area (Å²) in [5, 5.41) is 21.2. The smallest absolute Gasteiger partial charge is 0.306 e. The van der Waals surface area contributed by atoms with Crippen LogP contribution in [0.25, 0.3) is 0 Å². The van der Waals surface area contributed by atoms with Crippen LogP contribution >= 0.6 is 0 Å². The third-order valence-corrected chi connectivity index (χ3v) is 7.05. The van der Waals surface area contributed by atoms with Gasteiger partial charge in [-0.15, -0.1) is 0 Å². The van der Waals surface area contributed by atoms with Gasteiger partial charge in [-0.2, -0.15) is 0 Å². The van der Waals surface area contributed by atoms with Gasteiger partial charge in [-0.1, -0.05) is 44.8 Å². The summed E-state index contributed by atoms with van der Waals surface area (Å²) in [6.45, 7) is 7.22. The van der Waals surface area contributed by atoms with Crippen molar-refractivity contribution in [1.82, 2.24) is 0 Å². The Bertz CT molecular complexity index is 569. The zero-order valence-electron chi connectivity index (χ0n) is 21.2.